The van der Waals surface area contributed by atoms with Crippen LogP contribution in [-0.4, -0.2) is 38.5 Å². The van der Waals surface area contributed by atoms with Crippen molar-refractivity contribution in [3.63, 3.8) is 0 Å². The number of ether oxygens (including phenoxy) is 1. The van der Waals surface area contributed by atoms with Gasteiger partial charge in [-0.05, 0) is 29.8 Å². The molecule has 0 saturated heterocycles. The van der Waals surface area contributed by atoms with E-state index in [1.165, 1.54) is 7.11 Å². The molecule has 6 nitrogen and oxygen atoms in total. The number of amides is 1. The molecule has 0 saturated carbocycles. The van der Waals surface area contributed by atoms with Gasteiger partial charge in [0.15, 0.2) is 0 Å². The molecule has 25 heavy (non-hydrogen) atoms. The minimum Gasteiger partial charge on any atom is -0.495 e. The standard InChI is InChI=1S/C17H19ClN2O4S/c1-24-16-6-4-3-5-15(16)19-17(21)12-20(25(2,22)23)11-13-7-9-14(18)10-8-13/h3-10H,11-12H2,1-2H3,(H,19,21). The van der Waals surface area contributed by atoms with Crippen molar-refractivity contribution in [2.24, 2.45) is 0 Å². The van der Waals surface area contributed by atoms with Gasteiger partial charge < -0.3 is 10.1 Å². The Hall–Kier alpha value is -2.09. The summed E-state index contributed by atoms with van der Waals surface area (Å²) in [5, 5.41) is 3.23. The summed E-state index contributed by atoms with van der Waals surface area (Å²) in [6, 6.07) is 13.7. The second-order valence-corrected chi connectivity index (χ2v) is 7.82. The first kappa shape index (κ1) is 19.2. The largest absolute Gasteiger partial charge is 0.495 e. The van der Waals surface area contributed by atoms with E-state index >= 15 is 0 Å². The van der Waals surface area contributed by atoms with E-state index in [1.807, 2.05) is 0 Å². The molecule has 0 aromatic heterocycles. The number of hydrogen-bond donors (Lipinski definition) is 1. The first-order valence-electron chi connectivity index (χ1n) is 7.42. The lowest BCUT2D eigenvalue weighted by atomic mass is 10.2. The molecule has 1 amide bonds. The Morgan fingerprint density at radius 3 is 2.40 bits per heavy atom. The van der Waals surface area contributed by atoms with Gasteiger partial charge in [-0.25, -0.2) is 8.42 Å². The van der Waals surface area contributed by atoms with Gasteiger partial charge >= 0.3 is 0 Å². The molecule has 1 N–H and O–H groups in total. The fourth-order valence-electron chi connectivity index (χ4n) is 2.18. The third kappa shape index (κ3) is 5.74. The monoisotopic (exact) mass is 382 g/mol. The molecule has 0 atom stereocenters. The summed E-state index contributed by atoms with van der Waals surface area (Å²) in [6.45, 7) is -0.227. The number of nitrogens with zero attached hydrogens (tertiary/aromatic N) is 1. The number of hydrogen-bond acceptors (Lipinski definition) is 4. The summed E-state index contributed by atoms with van der Waals surface area (Å²) < 4.78 is 30.3. The topological polar surface area (TPSA) is 75.7 Å². The van der Waals surface area contributed by atoms with Gasteiger partial charge in [0.05, 0.1) is 25.6 Å². The molecule has 0 aliphatic carbocycles. The first-order valence-corrected chi connectivity index (χ1v) is 9.64. The van der Waals surface area contributed by atoms with Gasteiger partial charge in [0.2, 0.25) is 15.9 Å². The fraction of sp³-hybridized carbons (Fsp3) is 0.235. The van der Waals surface area contributed by atoms with Gasteiger partial charge in [-0.1, -0.05) is 35.9 Å². The quantitative estimate of drug-likeness (QED) is 0.798. The maximum absolute atomic E-state index is 12.3. The minimum absolute atomic E-state index is 0.0787. The van der Waals surface area contributed by atoms with Crippen molar-refractivity contribution in [3.05, 3.63) is 59.1 Å². The number of para-hydroxylation sites is 2. The van der Waals surface area contributed by atoms with Gasteiger partial charge in [0.1, 0.15) is 5.75 Å². The highest BCUT2D eigenvalue weighted by molar-refractivity contribution is 7.88. The highest BCUT2D eigenvalue weighted by atomic mass is 35.5. The van der Waals surface area contributed by atoms with Crippen molar-refractivity contribution in [1.29, 1.82) is 0 Å². The zero-order valence-corrected chi connectivity index (χ0v) is 15.5. The maximum atomic E-state index is 12.3. The lowest BCUT2D eigenvalue weighted by Gasteiger charge is -2.20. The summed E-state index contributed by atoms with van der Waals surface area (Å²) in [7, 11) is -2.07. The molecule has 134 valence electrons. The molecule has 2 aromatic rings. The summed E-state index contributed by atoms with van der Waals surface area (Å²) in [4.78, 5) is 12.3. The number of sulfonamides is 1. The number of carbonyl (C=O) groups excluding carboxylic acids is 1. The average Bonchev–Trinajstić information content (AvgIpc) is 2.56. The van der Waals surface area contributed by atoms with Crippen LogP contribution in [0.2, 0.25) is 5.02 Å². The Balaban J connectivity index is 2.11. The van der Waals surface area contributed by atoms with Crippen LogP contribution in [0.3, 0.4) is 0 Å². The summed E-state index contributed by atoms with van der Waals surface area (Å²) in [6.07, 6.45) is 1.07. The van der Waals surface area contributed by atoms with Gasteiger partial charge in [0, 0.05) is 11.6 Å². The van der Waals surface area contributed by atoms with Crippen LogP contribution >= 0.6 is 11.6 Å². The molecule has 0 aliphatic heterocycles. The zero-order chi connectivity index (χ0) is 18.4. The number of methoxy groups -OCH3 is 1. The SMILES string of the molecule is COc1ccccc1NC(=O)CN(Cc1ccc(Cl)cc1)S(C)(=O)=O. The Labute approximate surface area is 152 Å². The fourth-order valence-corrected chi connectivity index (χ4v) is 3.04. The molecule has 8 heteroatoms. The Kier molecular flexibility index (Phi) is 6.41. The highest BCUT2D eigenvalue weighted by Crippen LogP contribution is 2.23. The van der Waals surface area contributed by atoms with Gasteiger partial charge in [-0.15, -0.1) is 0 Å². The number of halogens is 1. The number of benzene rings is 2. The van der Waals surface area contributed by atoms with Crippen LogP contribution < -0.4 is 10.1 Å². The van der Waals surface area contributed by atoms with Crippen molar-refractivity contribution < 1.29 is 17.9 Å². The molecule has 0 bridgehead atoms. The van der Waals surface area contributed by atoms with Crippen LogP contribution in [0.5, 0.6) is 5.75 Å². The maximum Gasteiger partial charge on any atom is 0.239 e. The molecule has 2 rings (SSSR count). The van der Waals surface area contributed by atoms with E-state index in [1.54, 1.807) is 48.5 Å². The van der Waals surface area contributed by atoms with Crippen molar-refractivity contribution >= 4 is 33.2 Å². The van der Waals surface area contributed by atoms with E-state index < -0.39 is 15.9 Å². The minimum atomic E-state index is -3.57. The predicted octanol–water partition coefficient (Wildman–Crippen LogP) is 2.75. The number of carbonyl (C=O) groups is 1. The molecule has 0 spiro atoms. The number of rotatable bonds is 7. The molecule has 0 radical (unpaired) electrons. The van der Waals surface area contributed by atoms with Gasteiger partial charge in [-0.3, -0.25) is 4.79 Å². The van der Waals surface area contributed by atoms with Crippen molar-refractivity contribution in [1.82, 2.24) is 4.31 Å². The molecule has 0 aliphatic rings. The van der Waals surface area contributed by atoms with Gasteiger partial charge in [-0.2, -0.15) is 4.31 Å². The first-order chi connectivity index (χ1) is 11.8. The molecular formula is C17H19ClN2O4S. The van der Waals surface area contributed by atoms with Crippen LogP contribution in [0.15, 0.2) is 48.5 Å². The third-order valence-electron chi connectivity index (χ3n) is 3.44. The zero-order valence-electron chi connectivity index (χ0n) is 13.9. The Morgan fingerprint density at radius 1 is 1.16 bits per heavy atom. The summed E-state index contributed by atoms with van der Waals surface area (Å²) in [5.74, 6) is 0.0448. The molecular weight excluding hydrogens is 364 g/mol. The summed E-state index contributed by atoms with van der Waals surface area (Å²) >= 11 is 5.83. The van der Waals surface area contributed by atoms with E-state index in [4.69, 9.17) is 16.3 Å². The highest BCUT2D eigenvalue weighted by Gasteiger charge is 2.21. The number of nitrogens with one attached hydrogen (secondary N) is 1. The lowest BCUT2D eigenvalue weighted by Crippen LogP contribution is -2.36. The van der Waals surface area contributed by atoms with E-state index in [-0.39, 0.29) is 13.1 Å². The molecule has 2 aromatic carbocycles. The predicted molar refractivity (Wildman–Crippen MR) is 98.3 cm³/mol. The Bertz CT molecular complexity index is 838. The van der Waals surface area contributed by atoms with E-state index in [0.717, 1.165) is 16.1 Å². The van der Waals surface area contributed by atoms with E-state index in [2.05, 4.69) is 5.32 Å². The average molecular weight is 383 g/mol. The van der Waals surface area contributed by atoms with Crippen LogP contribution in [-0.2, 0) is 21.4 Å². The number of anilines is 1. The summed E-state index contributed by atoms with van der Waals surface area (Å²) in [5.41, 5.74) is 1.22. The van der Waals surface area contributed by atoms with Crippen molar-refractivity contribution in [2.45, 2.75) is 6.54 Å². The van der Waals surface area contributed by atoms with Crippen LogP contribution in [0.4, 0.5) is 5.69 Å². The molecule has 0 unspecified atom stereocenters. The molecule has 0 fully saturated rings. The lowest BCUT2D eigenvalue weighted by molar-refractivity contribution is -0.116. The van der Waals surface area contributed by atoms with Crippen LogP contribution in [0, 0.1) is 0 Å². The smallest absolute Gasteiger partial charge is 0.239 e. The molecule has 0 heterocycles. The van der Waals surface area contributed by atoms with Crippen LogP contribution in [0.25, 0.3) is 0 Å². The third-order valence-corrected chi connectivity index (χ3v) is 4.89. The van der Waals surface area contributed by atoms with E-state index in [9.17, 15) is 13.2 Å². The van der Waals surface area contributed by atoms with Crippen molar-refractivity contribution in [2.75, 3.05) is 25.2 Å². The normalized spacial score (nSPS) is 11.4. The van der Waals surface area contributed by atoms with Gasteiger partial charge in [0.25, 0.3) is 0 Å². The second kappa shape index (κ2) is 8.33. The van der Waals surface area contributed by atoms with E-state index in [0.29, 0.717) is 16.5 Å². The van der Waals surface area contributed by atoms with Crippen molar-refractivity contribution in [3.8, 4) is 5.75 Å². The Morgan fingerprint density at radius 2 is 1.80 bits per heavy atom. The second-order valence-electron chi connectivity index (χ2n) is 5.41. The van der Waals surface area contributed by atoms with Crippen LogP contribution in [0.1, 0.15) is 5.56 Å².